The van der Waals surface area contributed by atoms with Crippen LogP contribution in [-0.2, 0) is 15.0 Å². The average Bonchev–Trinajstić information content (AvgIpc) is 3.23. The molecule has 1 aliphatic carbocycles. The summed E-state index contributed by atoms with van der Waals surface area (Å²) >= 11 is 0. The van der Waals surface area contributed by atoms with E-state index in [1.807, 2.05) is 31.2 Å². The van der Waals surface area contributed by atoms with E-state index in [1.165, 1.54) is 0 Å². The van der Waals surface area contributed by atoms with Gasteiger partial charge >= 0.3 is 0 Å². The van der Waals surface area contributed by atoms with Gasteiger partial charge in [-0.15, -0.1) is 0 Å². The average molecular weight is 302 g/mol. The Hall–Kier alpha value is -2.04. The number of hydrogen-bond acceptors (Lipinski definition) is 3. The van der Waals surface area contributed by atoms with E-state index in [9.17, 15) is 9.59 Å². The Morgan fingerprint density at radius 1 is 1.14 bits per heavy atom. The highest BCUT2D eigenvalue weighted by atomic mass is 16.5. The number of carbonyl (C=O) groups excluding carboxylic acids is 2. The summed E-state index contributed by atoms with van der Waals surface area (Å²) in [5.41, 5.74) is 0.581. The van der Waals surface area contributed by atoms with E-state index in [1.54, 1.807) is 17.1 Å². The summed E-state index contributed by atoms with van der Waals surface area (Å²) in [5, 5.41) is 3.30. The first-order valence-corrected chi connectivity index (χ1v) is 7.89. The highest BCUT2D eigenvalue weighted by molar-refractivity contribution is 5.93. The van der Waals surface area contributed by atoms with Gasteiger partial charge in [-0.3, -0.25) is 19.6 Å². The van der Waals surface area contributed by atoms with Crippen LogP contribution in [0.1, 0.15) is 38.2 Å². The summed E-state index contributed by atoms with van der Waals surface area (Å²) in [5.74, 6) is 0.879. The predicted molar refractivity (Wildman–Crippen MR) is 82.2 cm³/mol. The molecule has 5 nitrogen and oxygen atoms in total. The number of benzene rings is 1. The van der Waals surface area contributed by atoms with E-state index in [-0.39, 0.29) is 11.8 Å². The van der Waals surface area contributed by atoms with Crippen molar-refractivity contribution in [3.05, 3.63) is 29.8 Å². The molecular weight excluding hydrogens is 280 g/mol. The molecule has 2 aliphatic rings. The Morgan fingerprint density at radius 3 is 2.32 bits per heavy atom. The van der Waals surface area contributed by atoms with Crippen molar-refractivity contribution < 1.29 is 14.3 Å². The molecule has 0 atom stereocenters. The molecule has 118 valence electrons. The molecule has 3 rings (SSSR count). The van der Waals surface area contributed by atoms with Crippen molar-refractivity contribution in [1.29, 1.82) is 0 Å². The Labute approximate surface area is 130 Å². The number of hydrazine groups is 1. The number of hydrogen-bond donors (Lipinski definition) is 0. The molecular formula is C17H22N2O3. The predicted octanol–water partition coefficient (Wildman–Crippen LogP) is 2.11. The van der Waals surface area contributed by atoms with Gasteiger partial charge in [-0.25, -0.2) is 0 Å². The highest BCUT2D eigenvalue weighted by Gasteiger charge is 2.54. The number of nitrogens with zero attached hydrogens (tertiary/aromatic N) is 2. The van der Waals surface area contributed by atoms with E-state index in [0.29, 0.717) is 19.5 Å². The molecule has 2 amide bonds. The van der Waals surface area contributed by atoms with Crippen LogP contribution in [0, 0.1) is 0 Å². The van der Waals surface area contributed by atoms with E-state index in [0.717, 1.165) is 30.6 Å². The number of ether oxygens (including phenoxy) is 1. The van der Waals surface area contributed by atoms with E-state index in [4.69, 9.17) is 4.74 Å². The quantitative estimate of drug-likeness (QED) is 0.856. The zero-order valence-corrected chi connectivity index (χ0v) is 13.2. The molecule has 5 heteroatoms. The van der Waals surface area contributed by atoms with Crippen molar-refractivity contribution >= 4 is 11.8 Å². The molecule has 0 unspecified atom stereocenters. The van der Waals surface area contributed by atoms with Gasteiger partial charge in [0.05, 0.1) is 12.5 Å². The molecule has 2 fully saturated rings. The minimum absolute atomic E-state index is 0.0244. The standard InChI is InChI=1S/C17H22N2O3/c1-3-15(20)18-11-4-12-19(18)16(21)17(9-10-17)13-5-7-14(22-2)8-6-13/h5-8H,3-4,9-12H2,1-2H3. The van der Waals surface area contributed by atoms with Crippen LogP contribution in [0.15, 0.2) is 24.3 Å². The van der Waals surface area contributed by atoms with Gasteiger partial charge in [0.25, 0.3) is 5.91 Å². The minimum Gasteiger partial charge on any atom is -0.497 e. The van der Waals surface area contributed by atoms with Crippen molar-refractivity contribution in [2.24, 2.45) is 0 Å². The summed E-state index contributed by atoms with van der Waals surface area (Å²) < 4.78 is 5.18. The van der Waals surface area contributed by atoms with Gasteiger partial charge in [0, 0.05) is 19.5 Å². The second kappa shape index (κ2) is 5.63. The van der Waals surface area contributed by atoms with Crippen LogP contribution in [0.4, 0.5) is 0 Å². The number of rotatable bonds is 4. The second-order valence-electron chi connectivity index (χ2n) is 5.96. The first kappa shape index (κ1) is 14.9. The number of carbonyl (C=O) groups is 2. The van der Waals surface area contributed by atoms with Gasteiger partial charge in [0.2, 0.25) is 5.91 Å². The zero-order valence-electron chi connectivity index (χ0n) is 13.2. The maximum absolute atomic E-state index is 13.0. The van der Waals surface area contributed by atoms with E-state index >= 15 is 0 Å². The maximum Gasteiger partial charge on any atom is 0.251 e. The highest BCUT2D eigenvalue weighted by Crippen LogP contribution is 2.50. The summed E-state index contributed by atoms with van der Waals surface area (Å²) in [4.78, 5) is 25.0. The van der Waals surface area contributed by atoms with Gasteiger partial charge in [0.1, 0.15) is 5.75 Å². The lowest BCUT2D eigenvalue weighted by atomic mass is 9.94. The van der Waals surface area contributed by atoms with Crippen molar-refractivity contribution in [3.63, 3.8) is 0 Å². The van der Waals surface area contributed by atoms with Crippen LogP contribution in [0.3, 0.4) is 0 Å². The van der Waals surface area contributed by atoms with Crippen LogP contribution in [-0.4, -0.2) is 42.0 Å². The lowest BCUT2D eigenvalue weighted by Crippen LogP contribution is -2.48. The Bertz CT molecular complexity index is 578. The first-order valence-electron chi connectivity index (χ1n) is 7.89. The summed E-state index contributed by atoms with van der Waals surface area (Å²) in [6.45, 7) is 3.12. The monoisotopic (exact) mass is 302 g/mol. The van der Waals surface area contributed by atoms with Crippen molar-refractivity contribution in [3.8, 4) is 5.75 Å². The topological polar surface area (TPSA) is 49.9 Å². The molecule has 0 aromatic heterocycles. The van der Waals surface area contributed by atoms with Gasteiger partial charge in [-0.2, -0.15) is 0 Å². The Kier molecular flexibility index (Phi) is 3.81. The van der Waals surface area contributed by atoms with Gasteiger partial charge < -0.3 is 4.74 Å². The lowest BCUT2D eigenvalue weighted by molar-refractivity contribution is -0.159. The fourth-order valence-corrected chi connectivity index (χ4v) is 3.17. The van der Waals surface area contributed by atoms with E-state index in [2.05, 4.69) is 0 Å². The molecule has 22 heavy (non-hydrogen) atoms. The van der Waals surface area contributed by atoms with Crippen LogP contribution >= 0.6 is 0 Å². The van der Waals surface area contributed by atoms with Crippen molar-refractivity contribution in [1.82, 2.24) is 10.0 Å². The van der Waals surface area contributed by atoms with Gasteiger partial charge in [-0.05, 0) is 37.0 Å². The zero-order chi connectivity index (χ0) is 15.7. The largest absolute Gasteiger partial charge is 0.497 e. The molecule has 1 aromatic carbocycles. The van der Waals surface area contributed by atoms with Gasteiger partial charge in [0.15, 0.2) is 0 Å². The molecule has 0 spiro atoms. The number of amides is 2. The summed E-state index contributed by atoms with van der Waals surface area (Å²) in [6.07, 6.45) is 2.99. The third kappa shape index (κ3) is 2.34. The van der Waals surface area contributed by atoms with Crippen molar-refractivity contribution in [2.75, 3.05) is 20.2 Å². The molecule has 1 heterocycles. The van der Waals surface area contributed by atoms with Crippen LogP contribution in [0.2, 0.25) is 0 Å². The summed E-state index contributed by atoms with van der Waals surface area (Å²) in [7, 11) is 1.63. The fraction of sp³-hybridized carbons (Fsp3) is 0.529. The smallest absolute Gasteiger partial charge is 0.251 e. The second-order valence-corrected chi connectivity index (χ2v) is 5.96. The molecule has 1 saturated carbocycles. The van der Waals surface area contributed by atoms with Crippen LogP contribution in [0.5, 0.6) is 5.75 Å². The Morgan fingerprint density at radius 2 is 1.77 bits per heavy atom. The first-order chi connectivity index (χ1) is 10.6. The third-order valence-corrected chi connectivity index (χ3v) is 4.66. The Balaban J connectivity index is 1.82. The molecule has 0 bridgehead atoms. The number of methoxy groups -OCH3 is 1. The van der Waals surface area contributed by atoms with Crippen LogP contribution in [0.25, 0.3) is 0 Å². The van der Waals surface area contributed by atoms with Gasteiger partial charge in [-0.1, -0.05) is 19.1 Å². The third-order valence-electron chi connectivity index (χ3n) is 4.66. The molecule has 0 radical (unpaired) electrons. The molecule has 1 aromatic rings. The van der Waals surface area contributed by atoms with E-state index < -0.39 is 5.41 Å². The van der Waals surface area contributed by atoms with Crippen LogP contribution < -0.4 is 4.74 Å². The molecule has 0 N–H and O–H groups in total. The lowest BCUT2D eigenvalue weighted by Gasteiger charge is -2.31. The molecule has 1 saturated heterocycles. The molecule has 1 aliphatic heterocycles. The fourth-order valence-electron chi connectivity index (χ4n) is 3.17. The SMILES string of the molecule is CCC(=O)N1CCCN1C(=O)C1(c2ccc(OC)cc2)CC1. The van der Waals surface area contributed by atoms with Crippen molar-refractivity contribution in [2.45, 2.75) is 38.0 Å². The maximum atomic E-state index is 13.0. The summed E-state index contributed by atoms with van der Waals surface area (Å²) in [6, 6.07) is 7.71. The normalized spacial score (nSPS) is 19.2. The minimum atomic E-state index is -0.442.